The monoisotopic (exact) mass is 261 g/mol. The van der Waals surface area contributed by atoms with Crippen molar-refractivity contribution in [3.63, 3.8) is 0 Å². The highest BCUT2D eigenvalue weighted by Gasteiger charge is 2.18. The molecule has 0 spiro atoms. The molecule has 0 saturated carbocycles. The number of rotatable bonds is 3. The van der Waals surface area contributed by atoms with Gasteiger partial charge in [0, 0.05) is 5.02 Å². The van der Waals surface area contributed by atoms with Crippen LogP contribution in [-0.2, 0) is 9.53 Å². The van der Waals surface area contributed by atoms with Gasteiger partial charge in [-0.05, 0) is 25.1 Å². The van der Waals surface area contributed by atoms with Crippen LogP contribution in [0.1, 0.15) is 17.3 Å². The fourth-order valence-corrected chi connectivity index (χ4v) is 1.30. The molecule has 16 heavy (non-hydrogen) atoms. The Hall–Kier alpha value is -1.26. The van der Waals surface area contributed by atoms with Gasteiger partial charge in [0.15, 0.2) is 6.10 Å². The topological polar surface area (TPSA) is 69.4 Å². The summed E-state index contributed by atoms with van der Waals surface area (Å²) in [5, 5.41) is 0.550. The smallest absolute Gasteiger partial charge is 0.340 e. The molecule has 1 atom stereocenters. The van der Waals surface area contributed by atoms with Crippen LogP contribution >= 0.6 is 23.2 Å². The van der Waals surface area contributed by atoms with Crippen LogP contribution in [0.3, 0.4) is 0 Å². The van der Waals surface area contributed by atoms with Crippen LogP contribution in [0.25, 0.3) is 0 Å². The van der Waals surface area contributed by atoms with E-state index in [4.69, 9.17) is 33.7 Å². The fraction of sp³-hybridized carbons (Fsp3) is 0.200. The van der Waals surface area contributed by atoms with Gasteiger partial charge in [0.2, 0.25) is 0 Å². The van der Waals surface area contributed by atoms with Crippen LogP contribution in [0.2, 0.25) is 10.0 Å². The minimum atomic E-state index is -1.01. The number of primary amides is 1. The standard InChI is InChI=1S/C10H9Cl2NO3/c1-5(9(13)14)16-10(15)7-4-6(11)2-3-8(7)12/h2-5H,1H3,(H2,13,14)/t5-/m0/s1. The van der Waals surface area contributed by atoms with Crippen LogP contribution < -0.4 is 5.73 Å². The lowest BCUT2D eigenvalue weighted by Crippen LogP contribution is -2.30. The number of benzene rings is 1. The van der Waals surface area contributed by atoms with E-state index < -0.39 is 18.0 Å². The van der Waals surface area contributed by atoms with Gasteiger partial charge in [-0.1, -0.05) is 23.2 Å². The number of carbonyl (C=O) groups is 2. The number of amides is 1. The zero-order valence-corrected chi connectivity index (χ0v) is 9.88. The van der Waals surface area contributed by atoms with Gasteiger partial charge in [0.05, 0.1) is 10.6 Å². The van der Waals surface area contributed by atoms with Crippen molar-refractivity contribution < 1.29 is 14.3 Å². The maximum absolute atomic E-state index is 11.6. The molecule has 2 N–H and O–H groups in total. The second-order valence-corrected chi connectivity index (χ2v) is 3.92. The third-order valence-corrected chi connectivity index (χ3v) is 2.40. The van der Waals surface area contributed by atoms with Crippen molar-refractivity contribution in [2.75, 3.05) is 0 Å². The molecule has 0 fully saturated rings. The summed E-state index contributed by atoms with van der Waals surface area (Å²) < 4.78 is 4.78. The van der Waals surface area contributed by atoms with Crippen molar-refractivity contribution in [2.24, 2.45) is 5.73 Å². The Morgan fingerprint density at radius 3 is 2.56 bits per heavy atom. The van der Waals surface area contributed by atoms with Crippen LogP contribution in [0, 0.1) is 0 Å². The summed E-state index contributed by atoms with van der Waals surface area (Å²) in [5.74, 6) is -1.47. The second-order valence-electron chi connectivity index (χ2n) is 3.07. The number of hydrogen-bond acceptors (Lipinski definition) is 3. The zero-order valence-electron chi connectivity index (χ0n) is 8.37. The molecule has 0 unspecified atom stereocenters. The number of ether oxygens (including phenoxy) is 1. The normalized spacial score (nSPS) is 11.9. The molecule has 0 aromatic heterocycles. The SMILES string of the molecule is C[C@H](OC(=O)c1cc(Cl)ccc1Cl)C(N)=O. The summed E-state index contributed by atoms with van der Waals surface area (Å²) in [7, 11) is 0. The minimum absolute atomic E-state index is 0.0993. The Kier molecular flexibility index (Phi) is 4.15. The fourth-order valence-electron chi connectivity index (χ4n) is 0.936. The van der Waals surface area contributed by atoms with Crippen molar-refractivity contribution in [2.45, 2.75) is 13.0 Å². The molecule has 0 aliphatic rings. The lowest BCUT2D eigenvalue weighted by atomic mass is 10.2. The van der Waals surface area contributed by atoms with E-state index in [0.29, 0.717) is 5.02 Å². The zero-order chi connectivity index (χ0) is 12.3. The Labute approximate surface area is 102 Å². The van der Waals surface area contributed by atoms with Crippen molar-refractivity contribution in [1.82, 2.24) is 0 Å². The Morgan fingerprint density at radius 1 is 1.38 bits per heavy atom. The van der Waals surface area contributed by atoms with E-state index in [-0.39, 0.29) is 10.6 Å². The highest BCUT2D eigenvalue weighted by atomic mass is 35.5. The van der Waals surface area contributed by atoms with Gasteiger partial charge in [-0.3, -0.25) is 4.79 Å². The first-order valence-corrected chi connectivity index (χ1v) is 5.12. The van der Waals surface area contributed by atoms with E-state index in [9.17, 15) is 9.59 Å². The van der Waals surface area contributed by atoms with E-state index in [2.05, 4.69) is 0 Å². The first-order valence-electron chi connectivity index (χ1n) is 4.37. The van der Waals surface area contributed by atoms with E-state index in [0.717, 1.165) is 0 Å². The number of esters is 1. The van der Waals surface area contributed by atoms with Crippen molar-refractivity contribution in [3.05, 3.63) is 33.8 Å². The molecular weight excluding hydrogens is 253 g/mol. The molecule has 1 rings (SSSR count). The number of nitrogens with two attached hydrogens (primary N) is 1. The summed E-state index contributed by atoms with van der Waals surface area (Å²) >= 11 is 11.5. The van der Waals surface area contributed by atoms with E-state index in [1.54, 1.807) is 0 Å². The van der Waals surface area contributed by atoms with Gasteiger partial charge >= 0.3 is 5.97 Å². The van der Waals surface area contributed by atoms with Crippen molar-refractivity contribution in [1.29, 1.82) is 0 Å². The van der Waals surface area contributed by atoms with Gasteiger partial charge in [0.25, 0.3) is 5.91 Å². The van der Waals surface area contributed by atoms with Crippen molar-refractivity contribution in [3.8, 4) is 0 Å². The summed E-state index contributed by atoms with van der Waals surface area (Å²) in [6.45, 7) is 1.37. The molecule has 0 saturated heterocycles. The maximum atomic E-state index is 11.6. The molecule has 1 aromatic carbocycles. The van der Waals surface area contributed by atoms with E-state index >= 15 is 0 Å². The molecule has 1 amide bonds. The van der Waals surface area contributed by atoms with Gasteiger partial charge in [0.1, 0.15) is 0 Å². The highest BCUT2D eigenvalue weighted by Crippen LogP contribution is 2.21. The quantitative estimate of drug-likeness (QED) is 0.847. The first-order chi connectivity index (χ1) is 7.41. The van der Waals surface area contributed by atoms with Crippen LogP contribution in [0.15, 0.2) is 18.2 Å². The summed E-state index contributed by atoms with van der Waals surface area (Å²) in [6.07, 6.45) is -1.01. The Bertz CT molecular complexity index is 434. The third-order valence-electron chi connectivity index (χ3n) is 1.83. The molecule has 0 heterocycles. The average Bonchev–Trinajstić information content (AvgIpc) is 2.21. The van der Waals surface area contributed by atoms with Gasteiger partial charge < -0.3 is 10.5 Å². The Morgan fingerprint density at radius 2 is 2.00 bits per heavy atom. The van der Waals surface area contributed by atoms with E-state index in [1.807, 2.05) is 0 Å². The van der Waals surface area contributed by atoms with Crippen LogP contribution in [0.4, 0.5) is 0 Å². The number of carbonyl (C=O) groups excluding carboxylic acids is 2. The molecule has 1 aromatic rings. The largest absolute Gasteiger partial charge is 0.449 e. The molecule has 86 valence electrons. The Balaban J connectivity index is 2.88. The molecule has 0 bridgehead atoms. The van der Waals surface area contributed by atoms with E-state index in [1.165, 1.54) is 25.1 Å². The number of halogens is 2. The molecular formula is C10H9Cl2NO3. The third kappa shape index (κ3) is 3.12. The minimum Gasteiger partial charge on any atom is -0.449 e. The summed E-state index contributed by atoms with van der Waals surface area (Å²) in [6, 6.07) is 4.37. The predicted molar refractivity (Wildman–Crippen MR) is 60.5 cm³/mol. The predicted octanol–water partition coefficient (Wildman–Crippen LogP) is 2.02. The molecule has 0 radical (unpaired) electrons. The van der Waals surface area contributed by atoms with Crippen LogP contribution in [-0.4, -0.2) is 18.0 Å². The van der Waals surface area contributed by atoms with Gasteiger partial charge in [-0.2, -0.15) is 0 Å². The van der Waals surface area contributed by atoms with Gasteiger partial charge in [-0.15, -0.1) is 0 Å². The van der Waals surface area contributed by atoms with Crippen LogP contribution in [0.5, 0.6) is 0 Å². The van der Waals surface area contributed by atoms with Crippen molar-refractivity contribution >= 4 is 35.1 Å². The lowest BCUT2D eigenvalue weighted by molar-refractivity contribution is -0.125. The summed E-state index contributed by atoms with van der Waals surface area (Å²) in [5.41, 5.74) is 5.05. The average molecular weight is 262 g/mol. The highest BCUT2D eigenvalue weighted by molar-refractivity contribution is 6.35. The first kappa shape index (κ1) is 12.8. The maximum Gasteiger partial charge on any atom is 0.340 e. The molecule has 0 aliphatic heterocycles. The van der Waals surface area contributed by atoms with Gasteiger partial charge in [-0.25, -0.2) is 4.79 Å². The lowest BCUT2D eigenvalue weighted by Gasteiger charge is -2.10. The molecule has 6 heteroatoms. The molecule has 4 nitrogen and oxygen atoms in total. The number of hydrogen-bond donors (Lipinski definition) is 1. The summed E-state index contributed by atoms with van der Waals surface area (Å²) in [4.78, 5) is 22.3. The molecule has 0 aliphatic carbocycles. The second kappa shape index (κ2) is 5.18.